The van der Waals surface area contributed by atoms with Crippen LogP contribution in [-0.4, -0.2) is 16.6 Å². The Balaban J connectivity index is 1.75. The van der Waals surface area contributed by atoms with Crippen molar-refractivity contribution in [2.75, 3.05) is 11.1 Å². The van der Waals surface area contributed by atoms with Crippen molar-refractivity contribution in [1.82, 2.24) is 4.98 Å². The number of thiazole rings is 1. The number of nitrogens with one attached hydrogen (secondary N) is 1. The van der Waals surface area contributed by atoms with Crippen molar-refractivity contribution >= 4 is 34.1 Å². The highest BCUT2D eigenvalue weighted by Gasteiger charge is 2.18. The summed E-state index contributed by atoms with van der Waals surface area (Å²) < 4.78 is 0. The summed E-state index contributed by atoms with van der Waals surface area (Å²) >= 11 is 3.37. The summed E-state index contributed by atoms with van der Waals surface area (Å²) in [5.41, 5.74) is 1.93. The summed E-state index contributed by atoms with van der Waals surface area (Å²) in [6.07, 6.45) is 5.69. The van der Waals surface area contributed by atoms with Gasteiger partial charge in [-0.1, -0.05) is 19.1 Å². The predicted octanol–water partition coefficient (Wildman–Crippen LogP) is 4.78. The fourth-order valence-electron chi connectivity index (χ4n) is 2.56. The molecule has 5 heteroatoms. The molecule has 1 aliphatic carbocycles. The largest absolute Gasteiger partial charge is 0.298 e. The van der Waals surface area contributed by atoms with Crippen molar-refractivity contribution in [3.8, 4) is 0 Å². The predicted molar refractivity (Wildman–Crippen MR) is 94.2 cm³/mol. The van der Waals surface area contributed by atoms with Crippen molar-refractivity contribution in [1.29, 1.82) is 0 Å². The maximum absolute atomic E-state index is 12.6. The van der Waals surface area contributed by atoms with Gasteiger partial charge < -0.3 is 0 Å². The number of rotatable bonds is 5. The molecule has 22 heavy (non-hydrogen) atoms. The van der Waals surface area contributed by atoms with Crippen LogP contribution in [0.3, 0.4) is 0 Å². The number of hydrogen-bond acceptors (Lipinski definition) is 4. The third kappa shape index (κ3) is 3.52. The minimum atomic E-state index is -0.0506. The van der Waals surface area contributed by atoms with Crippen LogP contribution in [-0.2, 0) is 12.8 Å². The second-order valence-electron chi connectivity index (χ2n) is 5.39. The second kappa shape index (κ2) is 7.29. The summed E-state index contributed by atoms with van der Waals surface area (Å²) in [7, 11) is 0. The first kappa shape index (κ1) is 15.6. The summed E-state index contributed by atoms with van der Waals surface area (Å²) in [5.74, 6) is 0.973. The fraction of sp³-hybridized carbons (Fsp3) is 0.412. The van der Waals surface area contributed by atoms with E-state index < -0.39 is 0 Å². The number of aryl methyl sites for hydroxylation is 2. The van der Waals surface area contributed by atoms with E-state index in [2.05, 4.69) is 17.2 Å². The van der Waals surface area contributed by atoms with E-state index >= 15 is 0 Å². The van der Waals surface area contributed by atoms with Crippen molar-refractivity contribution in [2.24, 2.45) is 0 Å². The van der Waals surface area contributed by atoms with Gasteiger partial charge in [0.15, 0.2) is 5.13 Å². The molecular formula is C17H20N2OS2. The smallest absolute Gasteiger partial charge is 0.258 e. The Hall–Kier alpha value is -1.33. The first-order valence-electron chi connectivity index (χ1n) is 7.79. The van der Waals surface area contributed by atoms with Gasteiger partial charge in [-0.2, -0.15) is 0 Å². The number of benzene rings is 1. The fourth-order valence-corrected chi connectivity index (χ4v) is 4.52. The molecule has 1 heterocycles. The topological polar surface area (TPSA) is 42.0 Å². The third-order valence-electron chi connectivity index (χ3n) is 3.66. The van der Waals surface area contributed by atoms with Gasteiger partial charge in [0.2, 0.25) is 0 Å². The van der Waals surface area contributed by atoms with Crippen LogP contribution in [0.5, 0.6) is 0 Å². The van der Waals surface area contributed by atoms with Crippen molar-refractivity contribution < 1.29 is 4.79 Å². The molecule has 2 aromatic rings. The van der Waals surface area contributed by atoms with E-state index in [9.17, 15) is 4.79 Å². The lowest BCUT2D eigenvalue weighted by molar-refractivity contribution is 0.102. The highest BCUT2D eigenvalue weighted by molar-refractivity contribution is 7.99. The van der Waals surface area contributed by atoms with Crippen molar-refractivity contribution in [3.63, 3.8) is 0 Å². The number of anilines is 1. The molecule has 0 saturated heterocycles. The second-order valence-corrected chi connectivity index (χ2v) is 7.62. The molecule has 1 aromatic heterocycles. The van der Waals surface area contributed by atoms with Crippen LogP contribution in [0.2, 0.25) is 0 Å². The van der Waals surface area contributed by atoms with E-state index in [4.69, 9.17) is 0 Å². The Bertz CT molecular complexity index is 643. The molecule has 3 nitrogen and oxygen atoms in total. The van der Waals surface area contributed by atoms with Crippen LogP contribution < -0.4 is 5.32 Å². The van der Waals surface area contributed by atoms with Crippen LogP contribution in [0.1, 0.15) is 47.1 Å². The number of fused-ring (bicyclic) bond motifs is 1. The molecule has 116 valence electrons. The monoisotopic (exact) mass is 332 g/mol. The Morgan fingerprint density at radius 1 is 1.32 bits per heavy atom. The van der Waals surface area contributed by atoms with E-state index in [1.807, 2.05) is 24.3 Å². The molecule has 0 atom stereocenters. The zero-order valence-corrected chi connectivity index (χ0v) is 14.4. The summed E-state index contributed by atoms with van der Waals surface area (Å²) in [5, 5.41) is 3.73. The summed E-state index contributed by atoms with van der Waals surface area (Å²) in [6, 6.07) is 7.80. The zero-order valence-electron chi connectivity index (χ0n) is 12.7. The standard InChI is InChI=1S/C17H20N2OS2/c1-2-11-21-14-9-5-3-7-12(14)16(20)19-17-18-13-8-4-6-10-15(13)22-17/h3,5,7,9H,2,4,6,8,10-11H2,1H3,(H,18,19,20). The van der Waals surface area contributed by atoms with E-state index in [0.29, 0.717) is 0 Å². The van der Waals surface area contributed by atoms with Crippen molar-refractivity contribution in [2.45, 2.75) is 43.9 Å². The molecule has 1 aromatic carbocycles. The van der Waals surface area contributed by atoms with Gasteiger partial charge in [0, 0.05) is 9.77 Å². The van der Waals surface area contributed by atoms with Gasteiger partial charge in [0.25, 0.3) is 5.91 Å². The number of aromatic nitrogens is 1. The minimum Gasteiger partial charge on any atom is -0.298 e. The lowest BCUT2D eigenvalue weighted by Crippen LogP contribution is -2.13. The maximum atomic E-state index is 12.6. The summed E-state index contributed by atoms with van der Waals surface area (Å²) in [4.78, 5) is 19.5. The zero-order chi connectivity index (χ0) is 15.4. The van der Waals surface area contributed by atoms with Gasteiger partial charge in [-0.05, 0) is 50.0 Å². The molecule has 0 fully saturated rings. The first-order valence-corrected chi connectivity index (χ1v) is 9.60. The van der Waals surface area contributed by atoms with E-state index in [1.165, 1.54) is 23.4 Å². The first-order chi connectivity index (χ1) is 10.8. The molecule has 0 saturated carbocycles. The number of thioether (sulfide) groups is 1. The average molecular weight is 332 g/mol. The summed E-state index contributed by atoms with van der Waals surface area (Å²) in [6.45, 7) is 2.15. The Labute approximate surface area is 139 Å². The molecule has 3 rings (SSSR count). The molecule has 0 aliphatic heterocycles. The molecule has 1 amide bonds. The van der Waals surface area contributed by atoms with E-state index in [-0.39, 0.29) is 5.91 Å². The normalized spacial score (nSPS) is 13.7. The highest BCUT2D eigenvalue weighted by atomic mass is 32.2. The Morgan fingerprint density at radius 3 is 2.95 bits per heavy atom. The van der Waals surface area contributed by atoms with Gasteiger partial charge in [0.05, 0.1) is 11.3 Å². The Morgan fingerprint density at radius 2 is 2.14 bits per heavy atom. The van der Waals surface area contributed by atoms with Crippen LogP contribution >= 0.6 is 23.1 Å². The van der Waals surface area contributed by atoms with Gasteiger partial charge in [-0.15, -0.1) is 23.1 Å². The Kier molecular flexibility index (Phi) is 5.16. The van der Waals surface area contributed by atoms with Gasteiger partial charge in [0.1, 0.15) is 0 Å². The number of carbonyl (C=O) groups excluding carboxylic acids is 1. The molecule has 1 N–H and O–H groups in total. The van der Waals surface area contributed by atoms with Crippen LogP contribution in [0.25, 0.3) is 0 Å². The SMILES string of the molecule is CCCSc1ccccc1C(=O)Nc1nc2c(s1)CCCC2. The van der Waals surface area contributed by atoms with Crippen molar-refractivity contribution in [3.05, 3.63) is 40.4 Å². The number of amides is 1. The van der Waals surface area contributed by atoms with E-state index in [0.717, 1.165) is 40.6 Å². The van der Waals surface area contributed by atoms with Gasteiger partial charge >= 0.3 is 0 Å². The number of carbonyl (C=O) groups is 1. The molecular weight excluding hydrogens is 312 g/mol. The molecule has 0 unspecified atom stereocenters. The number of hydrogen-bond donors (Lipinski definition) is 1. The van der Waals surface area contributed by atoms with Gasteiger partial charge in [-0.3, -0.25) is 10.1 Å². The van der Waals surface area contributed by atoms with Crippen LogP contribution in [0, 0.1) is 0 Å². The molecule has 0 bridgehead atoms. The molecule has 0 radical (unpaired) electrons. The number of nitrogens with zero attached hydrogens (tertiary/aromatic N) is 1. The minimum absolute atomic E-state index is 0.0506. The van der Waals surface area contributed by atoms with Crippen LogP contribution in [0.15, 0.2) is 29.2 Å². The maximum Gasteiger partial charge on any atom is 0.258 e. The molecule has 1 aliphatic rings. The lowest BCUT2D eigenvalue weighted by atomic mass is 10.0. The third-order valence-corrected chi connectivity index (χ3v) is 6.01. The lowest BCUT2D eigenvalue weighted by Gasteiger charge is -2.07. The quantitative estimate of drug-likeness (QED) is 0.802. The van der Waals surface area contributed by atoms with Crippen LogP contribution in [0.4, 0.5) is 5.13 Å². The molecule has 0 spiro atoms. The average Bonchev–Trinajstić information content (AvgIpc) is 2.95. The highest BCUT2D eigenvalue weighted by Crippen LogP contribution is 2.30. The van der Waals surface area contributed by atoms with Gasteiger partial charge in [-0.25, -0.2) is 4.98 Å². The van der Waals surface area contributed by atoms with E-state index in [1.54, 1.807) is 23.1 Å².